The van der Waals surface area contributed by atoms with Crippen LogP contribution >= 0.6 is 0 Å². The number of hydrogen-bond acceptors (Lipinski definition) is 4. The highest BCUT2D eigenvalue weighted by molar-refractivity contribution is 5.99. The fourth-order valence-corrected chi connectivity index (χ4v) is 2.86. The second-order valence-electron chi connectivity index (χ2n) is 5.74. The molecule has 0 spiro atoms. The molecule has 21 heavy (non-hydrogen) atoms. The molecule has 1 saturated heterocycles. The number of piperidine rings is 1. The quantitative estimate of drug-likeness (QED) is 0.682. The predicted octanol–water partition coefficient (Wildman–Crippen LogP) is 2.10. The summed E-state index contributed by atoms with van der Waals surface area (Å²) in [5, 5.41) is 11.1. The predicted molar refractivity (Wildman–Crippen MR) is 80.1 cm³/mol. The van der Waals surface area contributed by atoms with Crippen LogP contribution in [0.15, 0.2) is 18.2 Å². The lowest BCUT2D eigenvalue weighted by atomic mass is 9.91. The van der Waals surface area contributed by atoms with Crippen LogP contribution < -0.4 is 5.73 Å². The van der Waals surface area contributed by atoms with Gasteiger partial charge in [-0.1, -0.05) is 12.1 Å². The van der Waals surface area contributed by atoms with Gasteiger partial charge >= 0.3 is 0 Å². The summed E-state index contributed by atoms with van der Waals surface area (Å²) in [4.78, 5) is 25.1. The average Bonchev–Trinajstić information content (AvgIpc) is 2.46. The van der Waals surface area contributed by atoms with Crippen LogP contribution in [0.5, 0.6) is 0 Å². The maximum Gasteiger partial charge on any atom is 0.282 e. The van der Waals surface area contributed by atoms with Crippen LogP contribution in [0.3, 0.4) is 0 Å². The summed E-state index contributed by atoms with van der Waals surface area (Å²) in [7, 11) is 0. The van der Waals surface area contributed by atoms with Crippen LogP contribution in [-0.4, -0.2) is 34.9 Å². The first-order chi connectivity index (χ1) is 9.91. The molecule has 2 atom stereocenters. The highest BCUT2D eigenvalue weighted by Gasteiger charge is 2.31. The summed E-state index contributed by atoms with van der Waals surface area (Å²) < 4.78 is 0. The van der Waals surface area contributed by atoms with Gasteiger partial charge in [-0.05, 0) is 38.2 Å². The summed E-state index contributed by atoms with van der Waals surface area (Å²) in [6, 6.07) is 4.73. The first-order valence-corrected chi connectivity index (χ1v) is 7.20. The van der Waals surface area contributed by atoms with Crippen molar-refractivity contribution in [2.24, 2.45) is 11.7 Å². The second kappa shape index (κ2) is 6.22. The molecule has 0 bridgehead atoms. The fourth-order valence-electron chi connectivity index (χ4n) is 2.86. The maximum absolute atomic E-state index is 12.7. The van der Waals surface area contributed by atoms with E-state index >= 15 is 0 Å². The molecular formula is C15H21N3O3. The van der Waals surface area contributed by atoms with E-state index in [0.29, 0.717) is 18.7 Å². The molecule has 2 rings (SSSR count). The molecule has 1 heterocycles. The smallest absolute Gasteiger partial charge is 0.282 e. The third kappa shape index (κ3) is 3.21. The number of nitro groups is 1. The number of benzene rings is 1. The van der Waals surface area contributed by atoms with Crippen molar-refractivity contribution >= 4 is 11.6 Å². The highest BCUT2D eigenvalue weighted by atomic mass is 16.6. The SMILES string of the molecule is Cc1cccc([N+](=O)[O-])c1C(=O)N1CCCC(C(C)N)C1. The normalized spacial score (nSPS) is 20.1. The van der Waals surface area contributed by atoms with Crippen LogP contribution in [-0.2, 0) is 0 Å². The molecule has 1 aromatic carbocycles. The molecule has 114 valence electrons. The van der Waals surface area contributed by atoms with Gasteiger partial charge in [0.05, 0.1) is 4.92 Å². The van der Waals surface area contributed by atoms with Gasteiger partial charge in [-0.25, -0.2) is 0 Å². The van der Waals surface area contributed by atoms with Crippen molar-refractivity contribution in [1.29, 1.82) is 0 Å². The number of likely N-dealkylation sites (tertiary alicyclic amines) is 1. The number of nitrogens with two attached hydrogens (primary N) is 1. The molecule has 1 aliphatic rings. The lowest BCUT2D eigenvalue weighted by Crippen LogP contribution is -2.45. The molecule has 1 fully saturated rings. The number of hydrogen-bond donors (Lipinski definition) is 1. The fraction of sp³-hybridized carbons (Fsp3) is 0.533. The number of rotatable bonds is 3. The van der Waals surface area contributed by atoms with Gasteiger partial charge in [0, 0.05) is 25.2 Å². The number of carbonyl (C=O) groups excluding carboxylic acids is 1. The Morgan fingerprint density at radius 1 is 1.52 bits per heavy atom. The molecule has 1 aromatic rings. The first-order valence-electron chi connectivity index (χ1n) is 7.20. The lowest BCUT2D eigenvalue weighted by molar-refractivity contribution is -0.385. The molecule has 2 unspecified atom stereocenters. The van der Waals surface area contributed by atoms with Crippen molar-refractivity contribution in [1.82, 2.24) is 4.90 Å². The van der Waals surface area contributed by atoms with Crippen LogP contribution in [0.1, 0.15) is 35.7 Å². The number of carbonyl (C=O) groups is 1. The minimum Gasteiger partial charge on any atom is -0.338 e. The molecule has 0 aromatic heterocycles. The van der Waals surface area contributed by atoms with Gasteiger partial charge in [-0.2, -0.15) is 0 Å². The Balaban J connectivity index is 2.30. The van der Waals surface area contributed by atoms with E-state index in [1.165, 1.54) is 6.07 Å². The molecule has 0 aliphatic carbocycles. The van der Waals surface area contributed by atoms with Crippen molar-refractivity contribution in [3.8, 4) is 0 Å². The van der Waals surface area contributed by atoms with Crippen LogP contribution in [0.25, 0.3) is 0 Å². The van der Waals surface area contributed by atoms with Gasteiger partial charge in [0.15, 0.2) is 0 Å². The topological polar surface area (TPSA) is 89.5 Å². The Kier molecular flexibility index (Phi) is 4.57. The largest absolute Gasteiger partial charge is 0.338 e. The van der Waals surface area contributed by atoms with Crippen LogP contribution in [0.2, 0.25) is 0 Å². The molecule has 0 saturated carbocycles. The summed E-state index contributed by atoms with van der Waals surface area (Å²) >= 11 is 0. The van der Waals surface area contributed by atoms with Gasteiger partial charge in [0.25, 0.3) is 11.6 Å². The molecular weight excluding hydrogens is 270 g/mol. The van der Waals surface area contributed by atoms with Crippen molar-refractivity contribution in [3.63, 3.8) is 0 Å². The van der Waals surface area contributed by atoms with Gasteiger partial charge in [-0.3, -0.25) is 14.9 Å². The Morgan fingerprint density at radius 3 is 2.86 bits per heavy atom. The Bertz CT molecular complexity index is 557. The van der Waals surface area contributed by atoms with Gasteiger partial charge in [-0.15, -0.1) is 0 Å². The Labute approximate surface area is 124 Å². The van der Waals surface area contributed by atoms with Crippen LogP contribution in [0.4, 0.5) is 5.69 Å². The summed E-state index contributed by atoms with van der Waals surface area (Å²) in [5.41, 5.74) is 6.65. The van der Waals surface area contributed by atoms with Crippen LogP contribution in [0, 0.1) is 23.0 Å². The standard InChI is InChI=1S/C15H21N3O3/c1-10-5-3-7-13(18(20)21)14(10)15(19)17-8-4-6-12(9-17)11(2)16/h3,5,7,11-12H,4,6,8-9,16H2,1-2H3. The Morgan fingerprint density at radius 2 is 2.24 bits per heavy atom. The average molecular weight is 291 g/mol. The third-order valence-corrected chi connectivity index (χ3v) is 4.15. The second-order valence-corrected chi connectivity index (χ2v) is 5.74. The number of nitrogens with zero attached hydrogens (tertiary/aromatic N) is 2. The van der Waals surface area contributed by atoms with Crippen molar-refractivity contribution in [2.45, 2.75) is 32.7 Å². The van der Waals surface area contributed by atoms with E-state index in [9.17, 15) is 14.9 Å². The molecule has 0 radical (unpaired) electrons. The van der Waals surface area contributed by atoms with E-state index in [1.54, 1.807) is 24.0 Å². The zero-order valence-electron chi connectivity index (χ0n) is 12.4. The zero-order valence-corrected chi connectivity index (χ0v) is 12.4. The minimum atomic E-state index is -0.493. The summed E-state index contributed by atoms with van der Waals surface area (Å²) in [5.74, 6) is -0.00377. The van der Waals surface area contributed by atoms with E-state index in [2.05, 4.69) is 0 Å². The molecule has 6 nitrogen and oxygen atoms in total. The van der Waals surface area contributed by atoms with Crippen molar-refractivity contribution < 1.29 is 9.72 Å². The van der Waals surface area contributed by atoms with E-state index in [1.807, 2.05) is 6.92 Å². The van der Waals surface area contributed by atoms with E-state index in [4.69, 9.17) is 5.73 Å². The third-order valence-electron chi connectivity index (χ3n) is 4.15. The number of aryl methyl sites for hydroxylation is 1. The van der Waals surface area contributed by atoms with E-state index in [-0.39, 0.29) is 29.1 Å². The van der Waals surface area contributed by atoms with Gasteiger partial charge in [0.2, 0.25) is 0 Å². The van der Waals surface area contributed by atoms with Crippen molar-refractivity contribution in [3.05, 3.63) is 39.4 Å². The van der Waals surface area contributed by atoms with Crippen molar-refractivity contribution in [2.75, 3.05) is 13.1 Å². The number of amides is 1. The lowest BCUT2D eigenvalue weighted by Gasteiger charge is -2.34. The van der Waals surface area contributed by atoms with E-state index < -0.39 is 4.92 Å². The van der Waals surface area contributed by atoms with Gasteiger partial charge < -0.3 is 10.6 Å². The summed E-state index contributed by atoms with van der Waals surface area (Å²) in [6.07, 6.45) is 1.88. The molecule has 1 aliphatic heterocycles. The molecule has 6 heteroatoms. The summed E-state index contributed by atoms with van der Waals surface area (Å²) in [6.45, 7) is 4.87. The monoisotopic (exact) mass is 291 g/mol. The number of nitro benzene ring substituents is 1. The molecule has 1 amide bonds. The minimum absolute atomic E-state index is 0.0208. The first kappa shape index (κ1) is 15.4. The Hall–Kier alpha value is -1.95. The molecule has 2 N–H and O–H groups in total. The zero-order chi connectivity index (χ0) is 15.6. The maximum atomic E-state index is 12.7. The highest BCUT2D eigenvalue weighted by Crippen LogP contribution is 2.26. The van der Waals surface area contributed by atoms with Gasteiger partial charge in [0.1, 0.15) is 5.56 Å². The van der Waals surface area contributed by atoms with E-state index in [0.717, 1.165) is 12.8 Å².